The van der Waals surface area contributed by atoms with Crippen LogP contribution in [0.2, 0.25) is 0 Å². The van der Waals surface area contributed by atoms with Crippen LogP contribution in [0.3, 0.4) is 0 Å². The van der Waals surface area contributed by atoms with E-state index in [-0.39, 0.29) is 11.7 Å². The summed E-state index contributed by atoms with van der Waals surface area (Å²) in [6.45, 7) is 2.96. The Kier molecular flexibility index (Phi) is 6.61. The van der Waals surface area contributed by atoms with Gasteiger partial charge in [0.2, 0.25) is 5.91 Å². The minimum Gasteiger partial charge on any atom is -0.494 e. The van der Waals surface area contributed by atoms with Gasteiger partial charge in [0.1, 0.15) is 11.5 Å². The number of nitrogens with one attached hydrogen (secondary N) is 1. The number of carbonyl (C=O) groups excluding carboxylic acids is 1. The average Bonchev–Trinajstić information content (AvgIpc) is 3.01. The van der Waals surface area contributed by atoms with Gasteiger partial charge in [-0.1, -0.05) is 24.3 Å². The summed E-state index contributed by atoms with van der Waals surface area (Å²) in [5, 5.41) is 4.75. The maximum Gasteiger partial charge on any atom is 0.232 e. The molecule has 1 unspecified atom stereocenters. The number of carbonyl (C=O) groups is 1. The van der Waals surface area contributed by atoms with Crippen LogP contribution in [0, 0.1) is 0 Å². The number of hydrogen-bond acceptors (Lipinski definition) is 4. The molecular formula is C16H19NO3S2. The summed E-state index contributed by atoms with van der Waals surface area (Å²) < 4.78 is 17.6. The Labute approximate surface area is 137 Å². The molecule has 0 radical (unpaired) electrons. The van der Waals surface area contributed by atoms with Crippen LogP contribution in [0.1, 0.15) is 17.4 Å². The summed E-state index contributed by atoms with van der Waals surface area (Å²) in [4.78, 5) is 12.9. The first-order valence-corrected chi connectivity index (χ1v) is 9.40. The van der Waals surface area contributed by atoms with Crippen LogP contribution in [0.25, 0.3) is 0 Å². The minimum absolute atomic E-state index is 0.00579. The number of thiophene rings is 1. The van der Waals surface area contributed by atoms with Crippen molar-refractivity contribution in [3.8, 4) is 5.75 Å². The topological polar surface area (TPSA) is 55.4 Å². The standard InChI is InChI=1S/C16H19NO3S2/c1-2-20-15-8-4-3-6-13(15)11-22(19)12-16(18)17-10-14-7-5-9-21-14/h3-9H,2,10-12H2,1H3,(H,17,18). The second-order valence-corrected chi connectivity index (χ2v) is 7.11. The lowest BCUT2D eigenvalue weighted by molar-refractivity contribution is -0.118. The third-order valence-electron chi connectivity index (χ3n) is 2.92. The van der Waals surface area contributed by atoms with Gasteiger partial charge in [0, 0.05) is 21.2 Å². The van der Waals surface area contributed by atoms with Gasteiger partial charge in [0.15, 0.2) is 0 Å². The highest BCUT2D eigenvalue weighted by Gasteiger charge is 2.11. The normalized spacial score (nSPS) is 11.9. The van der Waals surface area contributed by atoms with Crippen molar-refractivity contribution in [2.75, 3.05) is 12.4 Å². The zero-order chi connectivity index (χ0) is 15.8. The summed E-state index contributed by atoms with van der Waals surface area (Å²) in [6, 6.07) is 11.4. The third-order valence-corrected chi connectivity index (χ3v) is 5.01. The number of amides is 1. The fourth-order valence-electron chi connectivity index (χ4n) is 1.94. The maximum absolute atomic E-state index is 12.1. The summed E-state index contributed by atoms with van der Waals surface area (Å²) in [5.41, 5.74) is 0.869. The van der Waals surface area contributed by atoms with Crippen LogP contribution < -0.4 is 10.1 Å². The van der Waals surface area contributed by atoms with E-state index in [1.807, 2.05) is 48.7 Å². The molecule has 4 nitrogen and oxygen atoms in total. The summed E-state index contributed by atoms with van der Waals surface area (Å²) in [5.74, 6) is 0.868. The molecule has 0 aliphatic heterocycles. The molecule has 0 spiro atoms. The second kappa shape index (κ2) is 8.70. The van der Waals surface area contributed by atoms with E-state index < -0.39 is 10.8 Å². The molecule has 0 bridgehead atoms. The van der Waals surface area contributed by atoms with Crippen LogP contribution in [0.5, 0.6) is 5.75 Å². The Morgan fingerprint density at radius 1 is 1.27 bits per heavy atom. The molecule has 1 N–H and O–H groups in total. The first-order chi connectivity index (χ1) is 10.7. The van der Waals surface area contributed by atoms with E-state index >= 15 is 0 Å². The molecule has 22 heavy (non-hydrogen) atoms. The van der Waals surface area contributed by atoms with Crippen molar-refractivity contribution in [2.24, 2.45) is 0 Å². The molecule has 0 aliphatic rings. The van der Waals surface area contributed by atoms with Gasteiger partial charge in [-0.15, -0.1) is 11.3 Å². The molecule has 6 heteroatoms. The van der Waals surface area contributed by atoms with Crippen molar-refractivity contribution >= 4 is 28.0 Å². The second-order valence-electron chi connectivity index (χ2n) is 4.63. The van der Waals surface area contributed by atoms with E-state index in [0.29, 0.717) is 18.9 Å². The Morgan fingerprint density at radius 2 is 2.09 bits per heavy atom. The van der Waals surface area contributed by atoms with E-state index in [1.165, 1.54) is 0 Å². The van der Waals surface area contributed by atoms with Gasteiger partial charge in [-0.25, -0.2) is 0 Å². The fourth-order valence-corrected chi connectivity index (χ4v) is 3.67. The van der Waals surface area contributed by atoms with Gasteiger partial charge in [-0.2, -0.15) is 0 Å². The Morgan fingerprint density at radius 3 is 2.82 bits per heavy atom. The maximum atomic E-state index is 12.1. The third kappa shape index (κ3) is 5.27. The SMILES string of the molecule is CCOc1ccccc1CS(=O)CC(=O)NCc1cccs1. The van der Waals surface area contributed by atoms with Crippen LogP contribution in [0.4, 0.5) is 0 Å². The number of hydrogen-bond donors (Lipinski definition) is 1. The Balaban J connectivity index is 1.83. The van der Waals surface area contributed by atoms with E-state index in [9.17, 15) is 9.00 Å². The molecule has 1 aromatic heterocycles. The lowest BCUT2D eigenvalue weighted by atomic mass is 10.2. The summed E-state index contributed by atoms with van der Waals surface area (Å²) in [7, 11) is -1.25. The molecule has 1 atom stereocenters. The number of ether oxygens (including phenoxy) is 1. The number of para-hydroxylation sites is 1. The van der Waals surface area contributed by atoms with E-state index in [0.717, 1.165) is 16.2 Å². The quantitative estimate of drug-likeness (QED) is 0.806. The predicted molar refractivity (Wildman–Crippen MR) is 90.5 cm³/mol. The zero-order valence-corrected chi connectivity index (χ0v) is 14.0. The number of rotatable bonds is 8. The van der Waals surface area contributed by atoms with Crippen LogP contribution in [-0.4, -0.2) is 22.5 Å². The molecule has 0 saturated carbocycles. The first kappa shape index (κ1) is 16.7. The monoisotopic (exact) mass is 337 g/mol. The van der Waals surface area contributed by atoms with Crippen LogP contribution in [0.15, 0.2) is 41.8 Å². The van der Waals surface area contributed by atoms with Gasteiger partial charge in [-0.3, -0.25) is 9.00 Å². The van der Waals surface area contributed by atoms with Crippen molar-refractivity contribution in [3.05, 3.63) is 52.2 Å². The lowest BCUT2D eigenvalue weighted by Gasteiger charge is -2.09. The van der Waals surface area contributed by atoms with Crippen molar-refractivity contribution < 1.29 is 13.7 Å². The summed E-state index contributed by atoms with van der Waals surface area (Å²) >= 11 is 1.59. The lowest BCUT2D eigenvalue weighted by Crippen LogP contribution is -2.27. The highest BCUT2D eigenvalue weighted by molar-refractivity contribution is 7.84. The van der Waals surface area contributed by atoms with Gasteiger partial charge < -0.3 is 10.1 Å². The Bertz CT molecular complexity index is 626. The minimum atomic E-state index is -1.25. The van der Waals surface area contributed by atoms with Gasteiger partial charge in [-0.05, 0) is 24.4 Å². The highest BCUT2D eigenvalue weighted by Crippen LogP contribution is 2.19. The van der Waals surface area contributed by atoms with Gasteiger partial charge in [0.25, 0.3) is 0 Å². The number of benzene rings is 1. The van der Waals surface area contributed by atoms with E-state index in [1.54, 1.807) is 11.3 Å². The molecule has 2 aromatic rings. The van der Waals surface area contributed by atoms with Gasteiger partial charge >= 0.3 is 0 Å². The fraction of sp³-hybridized carbons (Fsp3) is 0.312. The van der Waals surface area contributed by atoms with E-state index in [4.69, 9.17) is 4.74 Å². The Hall–Kier alpha value is -1.66. The zero-order valence-electron chi connectivity index (χ0n) is 12.4. The van der Waals surface area contributed by atoms with E-state index in [2.05, 4.69) is 5.32 Å². The first-order valence-electron chi connectivity index (χ1n) is 7.03. The van der Waals surface area contributed by atoms with Gasteiger partial charge in [0.05, 0.1) is 18.9 Å². The predicted octanol–water partition coefficient (Wildman–Crippen LogP) is 2.71. The molecule has 0 fully saturated rings. The molecule has 2 rings (SSSR count). The largest absolute Gasteiger partial charge is 0.494 e. The molecule has 1 heterocycles. The smallest absolute Gasteiger partial charge is 0.232 e. The molecule has 0 aliphatic carbocycles. The average molecular weight is 337 g/mol. The van der Waals surface area contributed by atoms with Crippen LogP contribution in [-0.2, 0) is 27.9 Å². The van der Waals surface area contributed by atoms with Crippen molar-refractivity contribution in [3.63, 3.8) is 0 Å². The van der Waals surface area contributed by atoms with Crippen molar-refractivity contribution in [1.29, 1.82) is 0 Å². The highest BCUT2D eigenvalue weighted by atomic mass is 32.2. The molecule has 118 valence electrons. The van der Waals surface area contributed by atoms with Crippen molar-refractivity contribution in [2.45, 2.75) is 19.2 Å². The molecule has 1 amide bonds. The molecular weight excluding hydrogens is 318 g/mol. The summed E-state index contributed by atoms with van der Waals surface area (Å²) in [6.07, 6.45) is 0. The molecule has 1 aromatic carbocycles. The van der Waals surface area contributed by atoms with Crippen LogP contribution >= 0.6 is 11.3 Å². The van der Waals surface area contributed by atoms with Crippen molar-refractivity contribution in [1.82, 2.24) is 5.32 Å². The molecule has 0 saturated heterocycles.